The molecule has 2 aromatic rings. The van der Waals surface area contributed by atoms with Gasteiger partial charge in [0.25, 0.3) is 0 Å². The number of carbonyl (C=O) groups excluding carboxylic acids is 1. The molecule has 1 aliphatic carbocycles. The standard InChI is InChI=1S/C15H9Br3O/c16-8-5-6-11-12(7-8)14(18)13(17)9-3-1-2-4-10(9)15(11)19/h1-7,13-14H. The van der Waals surface area contributed by atoms with Gasteiger partial charge in [-0.25, -0.2) is 0 Å². The highest BCUT2D eigenvalue weighted by molar-refractivity contribution is 9.12. The summed E-state index contributed by atoms with van der Waals surface area (Å²) in [6.07, 6.45) is 0. The van der Waals surface area contributed by atoms with Crippen LogP contribution in [0.1, 0.15) is 36.7 Å². The van der Waals surface area contributed by atoms with Crippen LogP contribution in [0.15, 0.2) is 46.9 Å². The minimum atomic E-state index is 0.0626. The molecular formula is C15H9Br3O. The average molecular weight is 445 g/mol. The lowest BCUT2D eigenvalue weighted by Gasteiger charge is -2.17. The van der Waals surface area contributed by atoms with Crippen LogP contribution < -0.4 is 0 Å². The van der Waals surface area contributed by atoms with Gasteiger partial charge in [0.15, 0.2) is 5.78 Å². The van der Waals surface area contributed by atoms with E-state index in [0.29, 0.717) is 0 Å². The first-order valence-electron chi connectivity index (χ1n) is 5.81. The summed E-state index contributed by atoms with van der Waals surface area (Å²) in [4.78, 5) is 12.8. The van der Waals surface area contributed by atoms with Crippen molar-refractivity contribution in [1.29, 1.82) is 0 Å². The van der Waals surface area contributed by atoms with Crippen LogP contribution in [-0.4, -0.2) is 5.78 Å². The summed E-state index contributed by atoms with van der Waals surface area (Å²) in [5.74, 6) is 0.0875. The maximum atomic E-state index is 12.7. The zero-order valence-corrected chi connectivity index (χ0v) is 14.5. The van der Waals surface area contributed by atoms with Crippen molar-refractivity contribution in [3.8, 4) is 0 Å². The van der Waals surface area contributed by atoms with Crippen molar-refractivity contribution in [2.24, 2.45) is 0 Å². The van der Waals surface area contributed by atoms with Crippen LogP contribution in [0.25, 0.3) is 0 Å². The summed E-state index contributed by atoms with van der Waals surface area (Å²) in [6.45, 7) is 0. The quantitative estimate of drug-likeness (QED) is 0.486. The highest BCUT2D eigenvalue weighted by Gasteiger charge is 2.31. The lowest BCUT2D eigenvalue weighted by Crippen LogP contribution is -2.03. The molecular weight excluding hydrogens is 436 g/mol. The zero-order valence-electron chi connectivity index (χ0n) is 9.74. The van der Waals surface area contributed by atoms with E-state index in [1.165, 1.54) is 0 Å². The number of fused-ring (bicyclic) bond motifs is 2. The molecule has 3 rings (SSSR count). The van der Waals surface area contributed by atoms with Crippen LogP contribution in [0.5, 0.6) is 0 Å². The predicted molar refractivity (Wildman–Crippen MR) is 87.4 cm³/mol. The Balaban J connectivity index is 2.30. The monoisotopic (exact) mass is 442 g/mol. The Labute approximate surface area is 136 Å². The second kappa shape index (κ2) is 5.15. The molecule has 0 saturated heterocycles. The minimum Gasteiger partial charge on any atom is -0.289 e. The molecule has 4 heteroatoms. The molecule has 96 valence electrons. The molecule has 0 N–H and O–H groups in total. The van der Waals surface area contributed by atoms with Crippen LogP contribution in [0.2, 0.25) is 0 Å². The number of rotatable bonds is 0. The van der Waals surface area contributed by atoms with E-state index in [2.05, 4.69) is 47.8 Å². The van der Waals surface area contributed by atoms with Crippen LogP contribution in [-0.2, 0) is 0 Å². The first-order chi connectivity index (χ1) is 9.09. The van der Waals surface area contributed by atoms with Crippen molar-refractivity contribution in [2.75, 3.05) is 0 Å². The van der Waals surface area contributed by atoms with Crippen LogP contribution >= 0.6 is 47.8 Å². The highest BCUT2D eigenvalue weighted by atomic mass is 79.9. The summed E-state index contributed by atoms with van der Waals surface area (Å²) >= 11 is 10.9. The average Bonchev–Trinajstić information content (AvgIpc) is 2.51. The third kappa shape index (κ3) is 2.24. The Morgan fingerprint density at radius 2 is 1.47 bits per heavy atom. The van der Waals surface area contributed by atoms with Gasteiger partial charge in [-0.2, -0.15) is 0 Å². The Morgan fingerprint density at radius 3 is 2.26 bits per heavy atom. The Hall–Kier alpha value is -0.450. The van der Waals surface area contributed by atoms with Crippen molar-refractivity contribution < 1.29 is 4.79 Å². The smallest absolute Gasteiger partial charge is 0.193 e. The summed E-state index contributed by atoms with van der Waals surface area (Å²) in [7, 11) is 0. The van der Waals surface area contributed by atoms with Crippen molar-refractivity contribution in [3.63, 3.8) is 0 Å². The summed E-state index contributed by atoms with van der Waals surface area (Å²) in [5.41, 5.74) is 3.58. The van der Waals surface area contributed by atoms with Crippen molar-refractivity contribution in [1.82, 2.24) is 0 Å². The molecule has 0 aliphatic heterocycles. The van der Waals surface area contributed by atoms with Gasteiger partial charge in [-0.05, 0) is 29.3 Å². The van der Waals surface area contributed by atoms with E-state index in [9.17, 15) is 4.79 Å². The van der Waals surface area contributed by atoms with E-state index in [1.807, 2.05) is 42.5 Å². The molecule has 1 nitrogen and oxygen atoms in total. The van der Waals surface area contributed by atoms with Crippen molar-refractivity contribution in [2.45, 2.75) is 9.65 Å². The van der Waals surface area contributed by atoms with Crippen molar-refractivity contribution in [3.05, 3.63) is 69.2 Å². The largest absolute Gasteiger partial charge is 0.289 e. The maximum absolute atomic E-state index is 12.7. The number of halogens is 3. The van der Waals surface area contributed by atoms with Crippen LogP contribution in [0.4, 0.5) is 0 Å². The van der Waals surface area contributed by atoms with Gasteiger partial charge >= 0.3 is 0 Å². The second-order valence-corrected chi connectivity index (χ2v) is 7.34. The fraction of sp³-hybridized carbons (Fsp3) is 0.133. The number of ketones is 1. The third-order valence-electron chi connectivity index (χ3n) is 3.31. The molecule has 19 heavy (non-hydrogen) atoms. The van der Waals surface area contributed by atoms with E-state index in [4.69, 9.17) is 0 Å². The first-order valence-corrected chi connectivity index (χ1v) is 8.43. The molecule has 2 unspecified atom stereocenters. The lowest BCUT2D eigenvalue weighted by atomic mass is 9.99. The Kier molecular flexibility index (Phi) is 3.67. The van der Waals surface area contributed by atoms with Crippen LogP contribution in [0, 0.1) is 0 Å². The van der Waals surface area contributed by atoms with Crippen LogP contribution in [0.3, 0.4) is 0 Å². The molecule has 0 aromatic heterocycles. The highest BCUT2D eigenvalue weighted by Crippen LogP contribution is 2.47. The molecule has 2 aromatic carbocycles. The molecule has 1 aliphatic rings. The molecule has 0 amide bonds. The third-order valence-corrected chi connectivity index (χ3v) is 6.56. The molecule has 0 saturated carbocycles. The van der Waals surface area contributed by atoms with Gasteiger partial charge in [-0.1, -0.05) is 72.1 Å². The second-order valence-electron chi connectivity index (χ2n) is 4.45. The number of carbonyl (C=O) groups is 1. The van der Waals surface area contributed by atoms with Gasteiger partial charge < -0.3 is 0 Å². The van der Waals surface area contributed by atoms with E-state index in [-0.39, 0.29) is 15.4 Å². The number of hydrogen-bond acceptors (Lipinski definition) is 1. The topological polar surface area (TPSA) is 17.1 Å². The molecule has 0 heterocycles. The molecule has 2 atom stereocenters. The maximum Gasteiger partial charge on any atom is 0.193 e. The van der Waals surface area contributed by atoms with Gasteiger partial charge in [0, 0.05) is 15.6 Å². The van der Waals surface area contributed by atoms with Gasteiger partial charge in [0.05, 0.1) is 9.65 Å². The van der Waals surface area contributed by atoms with E-state index in [1.54, 1.807) is 0 Å². The van der Waals surface area contributed by atoms with Gasteiger partial charge in [0.2, 0.25) is 0 Å². The van der Waals surface area contributed by atoms with E-state index in [0.717, 1.165) is 26.7 Å². The summed E-state index contributed by atoms with van der Waals surface area (Å²) in [5, 5.41) is 0. The number of alkyl halides is 2. The fourth-order valence-electron chi connectivity index (χ4n) is 2.37. The van der Waals surface area contributed by atoms with Gasteiger partial charge in [-0.3, -0.25) is 4.79 Å². The zero-order chi connectivity index (χ0) is 13.6. The summed E-state index contributed by atoms with van der Waals surface area (Å²) < 4.78 is 0.981. The minimum absolute atomic E-state index is 0.0626. The predicted octanol–water partition coefficient (Wildman–Crippen LogP) is 5.57. The molecule has 0 spiro atoms. The van der Waals surface area contributed by atoms with Gasteiger partial charge in [0.1, 0.15) is 0 Å². The molecule has 0 bridgehead atoms. The number of hydrogen-bond donors (Lipinski definition) is 0. The number of benzene rings is 2. The summed E-state index contributed by atoms with van der Waals surface area (Å²) in [6, 6.07) is 13.6. The Bertz CT molecular complexity index is 666. The van der Waals surface area contributed by atoms with E-state index >= 15 is 0 Å². The normalized spacial score (nSPS) is 21.5. The SMILES string of the molecule is O=C1c2ccccc2C(Br)C(Br)c2cc(Br)ccc21. The lowest BCUT2D eigenvalue weighted by molar-refractivity contribution is 0.103. The first kappa shape index (κ1) is 13.5. The molecule has 0 radical (unpaired) electrons. The van der Waals surface area contributed by atoms with E-state index < -0.39 is 0 Å². The Morgan fingerprint density at radius 1 is 0.842 bits per heavy atom. The van der Waals surface area contributed by atoms with Gasteiger partial charge in [-0.15, -0.1) is 0 Å². The molecule has 0 fully saturated rings. The fourth-order valence-corrected chi connectivity index (χ4v) is 4.10. The van der Waals surface area contributed by atoms with Crippen molar-refractivity contribution >= 4 is 53.6 Å².